The second kappa shape index (κ2) is 59.7. The van der Waals surface area contributed by atoms with Crippen molar-refractivity contribution in [2.75, 3.05) is 125 Å². The van der Waals surface area contributed by atoms with E-state index >= 15 is 0 Å². The van der Waals surface area contributed by atoms with Gasteiger partial charge in [-0.2, -0.15) is 0 Å². The molecule has 0 spiro atoms. The minimum atomic E-state index is -0.979. The number of rotatable bonds is 23. The zero-order chi connectivity index (χ0) is 76.7. The number of nitrogens with zero attached hydrogens (tertiary/aromatic N) is 6. The summed E-state index contributed by atoms with van der Waals surface area (Å²) in [4.78, 5) is 89.9. The number of nitrogens with one attached hydrogen (secondary N) is 3. The molecule has 105 heavy (non-hydrogen) atoms. The van der Waals surface area contributed by atoms with E-state index in [4.69, 9.17) is 58.5 Å². The van der Waals surface area contributed by atoms with Gasteiger partial charge in [0.25, 0.3) is 0 Å². The third-order valence-electron chi connectivity index (χ3n) is 17.4. The molecule has 2 radical (unpaired) electrons. The Hall–Kier alpha value is -7.40. The normalized spacial score (nSPS) is 18.6. The van der Waals surface area contributed by atoms with Crippen LogP contribution in [0.1, 0.15) is 143 Å². The van der Waals surface area contributed by atoms with Crippen molar-refractivity contribution in [3.05, 3.63) is 144 Å². The lowest BCUT2D eigenvalue weighted by Crippen LogP contribution is -2.59. The number of aliphatic hydroxyl groups excluding tert-OH is 1. The molecule has 7 saturated heterocycles. The van der Waals surface area contributed by atoms with Crippen LogP contribution in [0.4, 0.5) is 19.2 Å². The van der Waals surface area contributed by atoms with Gasteiger partial charge in [-0.1, -0.05) is 170 Å². The topological polar surface area (TPSA) is 291 Å². The Morgan fingerprint density at radius 1 is 0.505 bits per heavy atom. The van der Waals surface area contributed by atoms with E-state index < -0.39 is 35.6 Å². The summed E-state index contributed by atoms with van der Waals surface area (Å²) in [7, 11) is 6.31. The molecule has 0 aliphatic carbocycles. The molecule has 27 heteroatoms. The zero-order valence-electron chi connectivity index (χ0n) is 63.2. The molecule has 0 bridgehead atoms. The number of likely N-dealkylation sites (tertiary alicyclic amines) is 3. The van der Waals surface area contributed by atoms with Crippen LogP contribution in [0.5, 0.6) is 0 Å². The Morgan fingerprint density at radius 2 is 0.895 bits per heavy atom. The number of halogens is 1. The highest BCUT2D eigenvalue weighted by molar-refractivity contribution is 6.61. The number of ether oxygens (including phenoxy) is 6. The Balaban J connectivity index is 0.000000613. The van der Waals surface area contributed by atoms with Crippen molar-refractivity contribution in [3.63, 3.8) is 0 Å². The maximum Gasteiger partial charge on any atom is 0.410 e. The summed E-state index contributed by atoms with van der Waals surface area (Å²) in [5, 5.41) is 33.2. The molecule has 588 valence electrons. The summed E-state index contributed by atoms with van der Waals surface area (Å²) in [6.07, 6.45) is 8.04. The SMILES string of the molecule is C.C1CCOC1.CCN(CC)C(=O)[C@@H]1CCN1C(=O)OCc1ccccc1.CCN(CC)C[C@@H]1CCN1.CCN(CC)C[C@@H]1CCN1C(=O)OCc1ccccc1.CCNCC.CO.O=C(Cl)OCc1ccccc1.O=C(O)[C@@H]1CCN1.O=C(O)[C@@H]1CCN1C(=O)OCc1ccccc1.[B]C1CCCO1. The lowest BCUT2D eigenvalue weighted by atomic mass is 9.98. The van der Waals surface area contributed by atoms with E-state index in [2.05, 4.69) is 72.0 Å². The minimum Gasteiger partial charge on any atom is -0.480 e. The Morgan fingerprint density at radius 3 is 1.13 bits per heavy atom. The molecule has 4 aromatic carbocycles. The van der Waals surface area contributed by atoms with E-state index in [1.807, 2.05) is 140 Å². The molecule has 11 rings (SSSR count). The smallest absolute Gasteiger partial charge is 0.410 e. The number of hydrogen-bond acceptors (Lipinski definition) is 19. The number of aliphatic carboxylic acids is 2. The fourth-order valence-electron chi connectivity index (χ4n) is 10.4. The molecule has 0 saturated carbocycles. The van der Waals surface area contributed by atoms with Crippen LogP contribution in [0.25, 0.3) is 0 Å². The molecular formula is C78H125BClN9O16. The predicted octanol–water partition coefficient (Wildman–Crippen LogP) is 11.1. The van der Waals surface area contributed by atoms with Gasteiger partial charge >= 0.3 is 35.6 Å². The van der Waals surface area contributed by atoms with Crippen molar-refractivity contribution in [2.24, 2.45) is 0 Å². The molecule has 4 aromatic rings. The van der Waals surface area contributed by atoms with E-state index in [1.54, 1.807) is 4.90 Å². The van der Waals surface area contributed by atoms with Gasteiger partial charge in [-0.3, -0.25) is 19.4 Å². The van der Waals surface area contributed by atoms with Crippen LogP contribution < -0.4 is 16.0 Å². The molecule has 6 N–H and O–H groups in total. The second-order valence-corrected chi connectivity index (χ2v) is 24.8. The Labute approximate surface area is 632 Å². The average Bonchev–Trinajstić information content (AvgIpc) is 1.38. The van der Waals surface area contributed by atoms with Crippen LogP contribution in [-0.4, -0.2) is 255 Å². The van der Waals surface area contributed by atoms with Crippen LogP contribution in [-0.2, 0) is 69.2 Å². The van der Waals surface area contributed by atoms with Gasteiger partial charge < -0.3 is 79.3 Å². The van der Waals surface area contributed by atoms with Crippen molar-refractivity contribution in [1.29, 1.82) is 0 Å². The monoisotopic (exact) mass is 1490 g/mol. The molecule has 6 atom stereocenters. The lowest BCUT2D eigenvalue weighted by molar-refractivity contribution is -0.147. The number of aliphatic hydroxyl groups is 1. The Kier molecular flexibility index (Phi) is 54.4. The van der Waals surface area contributed by atoms with Gasteiger partial charge in [0.05, 0.1) is 0 Å². The number of carboxylic acids is 2. The van der Waals surface area contributed by atoms with Gasteiger partial charge in [-0.25, -0.2) is 24.0 Å². The molecule has 1 unspecified atom stereocenters. The van der Waals surface area contributed by atoms with Gasteiger partial charge in [0, 0.05) is 102 Å². The fraction of sp³-hybridized carbons (Fsp3) is 0.603. The number of carbonyl (C=O) groups is 7. The average molecular weight is 1490 g/mol. The highest BCUT2D eigenvalue weighted by atomic mass is 35.5. The maximum atomic E-state index is 12.3. The molecular weight excluding hydrogens is 1370 g/mol. The number of amides is 4. The lowest BCUT2D eigenvalue weighted by Gasteiger charge is -2.42. The first kappa shape index (κ1) is 95.6. The molecule has 7 aliphatic heterocycles. The van der Waals surface area contributed by atoms with E-state index in [9.17, 15) is 33.6 Å². The summed E-state index contributed by atoms with van der Waals surface area (Å²) >= 11 is 4.97. The third-order valence-corrected chi connectivity index (χ3v) is 17.5. The highest BCUT2D eigenvalue weighted by Crippen LogP contribution is 2.23. The van der Waals surface area contributed by atoms with Gasteiger partial charge in [0.2, 0.25) is 5.91 Å². The van der Waals surface area contributed by atoms with Crippen LogP contribution >= 0.6 is 11.6 Å². The molecule has 7 heterocycles. The standard InChI is InChI=1S/C16H22N2O3.C16H24N2O2.C12H13NO4.C8H7ClO2.C8H18N2.C4H7BO.C4H7NO2.C4H11N.C4H8O.CH4O.CH4/c1-3-17(4-2)15(19)14-10-11-18(14)16(20)21-12-13-8-6-5-7-9-13;1-3-17(4-2)12-15-10-11-18(15)16(19)20-13-14-8-6-5-7-9-14;14-11(15)10-6-7-13(10)12(16)17-8-9-4-2-1-3-5-9;9-8(10)11-6-7-4-2-1-3-5-7;1-3-10(4-2)7-8-5-6-9-8;5-4-2-1-3-6-4;6-4(7)3-1-2-5-3;1-3-5-4-2;1-2-4-5-3-1;1-2;/h5-9,14H,3-4,10-12H2,1-2H3;5-9,15H,3-4,10-13H2,1-2H3;1-5,10H,6-8H2,(H,14,15);1-5H,6H2;8-9H,3-7H2,1-2H3;4H,1-3H2;3,5H,1-2H2,(H,6,7);5H,3-4H2,1-2H3;1-4H2;2H,1H3;1H4/t14-;15-;10-;;8-;;3-;;;;/m000.0.0..../s1. The number of carboxylic acid groups (broad SMARTS) is 2. The summed E-state index contributed by atoms with van der Waals surface area (Å²) in [5.41, 5.74) is 3.02. The zero-order valence-corrected chi connectivity index (χ0v) is 64.0. The predicted molar refractivity (Wildman–Crippen MR) is 413 cm³/mol. The van der Waals surface area contributed by atoms with Crippen LogP contribution in [0.15, 0.2) is 121 Å². The van der Waals surface area contributed by atoms with E-state index in [1.165, 1.54) is 55.2 Å². The highest BCUT2D eigenvalue weighted by Gasteiger charge is 2.41. The summed E-state index contributed by atoms with van der Waals surface area (Å²) < 4.78 is 30.1. The number of likely N-dealkylation sites (N-methyl/N-ethyl adjacent to an activating group) is 3. The van der Waals surface area contributed by atoms with Crippen LogP contribution in [0.3, 0.4) is 0 Å². The minimum absolute atomic E-state index is 0. The van der Waals surface area contributed by atoms with Gasteiger partial charge in [0.1, 0.15) is 52.4 Å². The molecule has 7 aliphatic rings. The number of carbonyl (C=O) groups excluding carboxylic acids is 5. The molecule has 0 aromatic heterocycles. The summed E-state index contributed by atoms with van der Waals surface area (Å²) in [5.74, 6) is -1.69. The third kappa shape index (κ3) is 40.8. The van der Waals surface area contributed by atoms with Crippen molar-refractivity contribution >= 4 is 61.0 Å². The summed E-state index contributed by atoms with van der Waals surface area (Å²) in [6, 6.07) is 37.8. The molecule has 7 fully saturated rings. The largest absolute Gasteiger partial charge is 0.480 e. The van der Waals surface area contributed by atoms with Crippen molar-refractivity contribution in [3.8, 4) is 0 Å². The quantitative estimate of drug-likeness (QED) is 0.0228. The summed E-state index contributed by atoms with van der Waals surface area (Å²) in [6.45, 7) is 34.8. The van der Waals surface area contributed by atoms with E-state index in [-0.39, 0.29) is 57.3 Å². The second-order valence-electron chi connectivity index (χ2n) is 24.5. The molecule has 25 nitrogen and oxygen atoms in total. The van der Waals surface area contributed by atoms with Gasteiger partial charge in [-0.15, -0.1) is 0 Å². The van der Waals surface area contributed by atoms with Crippen LogP contribution in [0, 0.1) is 0 Å². The maximum absolute atomic E-state index is 12.3. The first-order valence-corrected chi connectivity index (χ1v) is 37.3. The first-order chi connectivity index (χ1) is 50.4. The van der Waals surface area contributed by atoms with Gasteiger partial charge in [-0.05, 0) is 146 Å². The van der Waals surface area contributed by atoms with Crippen LogP contribution in [0.2, 0.25) is 0 Å². The van der Waals surface area contributed by atoms with E-state index in [0.717, 1.165) is 133 Å². The van der Waals surface area contributed by atoms with E-state index in [0.29, 0.717) is 45.2 Å². The number of hydrogen-bond donors (Lipinski definition) is 6. The first-order valence-electron chi connectivity index (χ1n) is 36.9. The van der Waals surface area contributed by atoms with Gasteiger partial charge in [0.15, 0.2) is 0 Å². The fourth-order valence-corrected chi connectivity index (χ4v) is 10.5. The Bertz CT molecular complexity index is 2870. The van der Waals surface area contributed by atoms with Crippen molar-refractivity contribution in [2.45, 2.75) is 183 Å². The number of benzene rings is 4. The van der Waals surface area contributed by atoms with Crippen molar-refractivity contribution in [1.82, 2.24) is 45.3 Å². The van der Waals surface area contributed by atoms with Crippen molar-refractivity contribution < 1.29 is 77.3 Å². The molecule has 4 amide bonds.